The molecule has 0 aliphatic carbocycles. The Morgan fingerprint density at radius 1 is 1.14 bits per heavy atom. The molecule has 1 N–H and O–H groups in total. The van der Waals surface area contributed by atoms with E-state index < -0.39 is 6.10 Å². The maximum absolute atomic E-state index is 12.7. The minimum Gasteiger partial charge on any atom is -0.479 e. The van der Waals surface area contributed by atoms with Crippen LogP contribution in [0.25, 0.3) is 0 Å². The summed E-state index contributed by atoms with van der Waals surface area (Å²) in [6.45, 7) is 4.16. The van der Waals surface area contributed by atoms with Gasteiger partial charge < -0.3 is 10.1 Å². The molecule has 2 amide bonds. The minimum atomic E-state index is -0.634. The summed E-state index contributed by atoms with van der Waals surface area (Å²) in [5.41, 5.74) is 2.87. The van der Waals surface area contributed by atoms with E-state index in [1.54, 1.807) is 36.0 Å². The zero-order valence-corrected chi connectivity index (χ0v) is 16.3. The van der Waals surface area contributed by atoms with Crippen LogP contribution in [-0.2, 0) is 16.1 Å². The Kier molecular flexibility index (Phi) is 5.03. The molecule has 1 aliphatic heterocycles. The third-order valence-electron chi connectivity index (χ3n) is 4.81. The van der Waals surface area contributed by atoms with Crippen LogP contribution >= 0.6 is 0 Å². The Morgan fingerprint density at radius 3 is 2.69 bits per heavy atom. The first-order valence-electron chi connectivity index (χ1n) is 9.45. The lowest BCUT2D eigenvalue weighted by atomic mass is 10.1. The molecule has 0 unspecified atom stereocenters. The fourth-order valence-corrected chi connectivity index (χ4v) is 3.28. The van der Waals surface area contributed by atoms with Gasteiger partial charge in [-0.15, -0.1) is 0 Å². The molecule has 148 valence electrons. The quantitative estimate of drug-likeness (QED) is 0.727. The highest BCUT2D eigenvalue weighted by molar-refractivity contribution is 6.05. The molecule has 2 heterocycles. The van der Waals surface area contributed by atoms with Gasteiger partial charge in [0.25, 0.3) is 5.91 Å². The summed E-state index contributed by atoms with van der Waals surface area (Å²) in [6.07, 6.45) is 1.01. The number of aryl methyl sites for hydroxylation is 1. The van der Waals surface area contributed by atoms with E-state index in [9.17, 15) is 9.59 Å². The van der Waals surface area contributed by atoms with Crippen LogP contribution < -0.4 is 15.0 Å². The molecule has 2 aromatic carbocycles. The van der Waals surface area contributed by atoms with Gasteiger partial charge in [-0.2, -0.15) is 5.10 Å². The SMILES string of the molecule is Cc1ccc(Cn2nccc2NC(=O)CN2C(=O)[C@@H](C)Oc3ccccc32)cc1. The van der Waals surface area contributed by atoms with E-state index in [4.69, 9.17) is 4.74 Å². The molecule has 1 aromatic heterocycles. The Bertz CT molecular complexity index is 1040. The monoisotopic (exact) mass is 390 g/mol. The second kappa shape index (κ2) is 7.79. The average Bonchev–Trinajstić information content (AvgIpc) is 3.13. The molecule has 4 rings (SSSR count). The number of benzene rings is 2. The van der Waals surface area contributed by atoms with Crippen LogP contribution in [0.2, 0.25) is 0 Å². The van der Waals surface area contributed by atoms with Crippen molar-refractivity contribution in [1.29, 1.82) is 0 Å². The predicted molar refractivity (Wildman–Crippen MR) is 110 cm³/mol. The normalized spacial score (nSPS) is 15.6. The van der Waals surface area contributed by atoms with Gasteiger partial charge in [0.05, 0.1) is 18.4 Å². The van der Waals surface area contributed by atoms with Crippen LogP contribution in [0.1, 0.15) is 18.1 Å². The predicted octanol–water partition coefficient (Wildman–Crippen LogP) is 2.99. The van der Waals surface area contributed by atoms with Crippen molar-refractivity contribution in [2.24, 2.45) is 0 Å². The van der Waals surface area contributed by atoms with Crippen LogP contribution in [-0.4, -0.2) is 34.2 Å². The van der Waals surface area contributed by atoms with Gasteiger partial charge in [-0.25, -0.2) is 4.68 Å². The number of amides is 2. The molecule has 0 spiro atoms. The van der Waals surface area contributed by atoms with Crippen LogP contribution in [0, 0.1) is 6.92 Å². The number of ether oxygens (including phenoxy) is 1. The van der Waals surface area contributed by atoms with Gasteiger partial charge in [0.2, 0.25) is 5.91 Å². The highest BCUT2D eigenvalue weighted by Crippen LogP contribution is 2.33. The van der Waals surface area contributed by atoms with Crippen molar-refractivity contribution in [1.82, 2.24) is 9.78 Å². The second-order valence-corrected chi connectivity index (χ2v) is 7.06. The number of carbonyl (C=O) groups excluding carboxylic acids is 2. The lowest BCUT2D eigenvalue weighted by Crippen LogP contribution is -2.47. The maximum atomic E-state index is 12.7. The minimum absolute atomic E-state index is 0.0980. The summed E-state index contributed by atoms with van der Waals surface area (Å²) >= 11 is 0. The van der Waals surface area contributed by atoms with Crippen LogP contribution in [0.3, 0.4) is 0 Å². The van der Waals surface area contributed by atoms with Gasteiger partial charge >= 0.3 is 0 Å². The molecule has 7 heteroatoms. The van der Waals surface area contributed by atoms with E-state index in [0.29, 0.717) is 23.8 Å². The lowest BCUT2D eigenvalue weighted by Gasteiger charge is -2.32. The second-order valence-electron chi connectivity index (χ2n) is 7.06. The van der Waals surface area contributed by atoms with Crippen molar-refractivity contribution in [3.63, 3.8) is 0 Å². The topological polar surface area (TPSA) is 76.5 Å². The Labute approximate surface area is 168 Å². The summed E-state index contributed by atoms with van der Waals surface area (Å²) in [6, 6.07) is 17.1. The third-order valence-corrected chi connectivity index (χ3v) is 4.81. The van der Waals surface area contributed by atoms with E-state index in [1.807, 2.05) is 43.3 Å². The number of hydrogen-bond donors (Lipinski definition) is 1. The smallest absolute Gasteiger partial charge is 0.268 e. The number of nitrogens with zero attached hydrogens (tertiary/aromatic N) is 3. The summed E-state index contributed by atoms with van der Waals surface area (Å²) in [7, 11) is 0. The van der Waals surface area contributed by atoms with Gasteiger partial charge in [0.15, 0.2) is 6.10 Å². The van der Waals surface area contributed by atoms with Crippen LogP contribution in [0.15, 0.2) is 60.8 Å². The Hall–Kier alpha value is -3.61. The highest BCUT2D eigenvalue weighted by Gasteiger charge is 2.32. The Morgan fingerprint density at radius 2 is 1.90 bits per heavy atom. The number of anilines is 2. The molecule has 0 radical (unpaired) electrons. The number of fused-ring (bicyclic) bond motifs is 1. The third kappa shape index (κ3) is 3.99. The van der Waals surface area contributed by atoms with E-state index >= 15 is 0 Å². The lowest BCUT2D eigenvalue weighted by molar-refractivity contribution is -0.127. The van der Waals surface area contributed by atoms with Gasteiger partial charge in [0, 0.05) is 6.07 Å². The van der Waals surface area contributed by atoms with Gasteiger partial charge in [-0.1, -0.05) is 42.0 Å². The van der Waals surface area contributed by atoms with E-state index in [-0.39, 0.29) is 18.4 Å². The molecule has 1 atom stereocenters. The van der Waals surface area contributed by atoms with Crippen molar-refractivity contribution < 1.29 is 14.3 Å². The molecule has 3 aromatic rings. The Balaban J connectivity index is 1.48. The average molecular weight is 390 g/mol. The van der Waals surface area contributed by atoms with Crippen molar-refractivity contribution >= 4 is 23.3 Å². The van der Waals surface area contributed by atoms with Crippen LogP contribution in [0.4, 0.5) is 11.5 Å². The molecule has 29 heavy (non-hydrogen) atoms. The number of nitrogens with one attached hydrogen (secondary N) is 1. The van der Waals surface area contributed by atoms with E-state index in [1.165, 1.54) is 10.5 Å². The number of hydrogen-bond acceptors (Lipinski definition) is 4. The number of rotatable bonds is 5. The van der Waals surface area contributed by atoms with Crippen molar-refractivity contribution in [2.45, 2.75) is 26.5 Å². The summed E-state index contributed by atoms with van der Waals surface area (Å²) in [5.74, 6) is 0.634. The zero-order valence-electron chi connectivity index (χ0n) is 16.3. The fraction of sp³-hybridized carbons (Fsp3) is 0.227. The first-order chi connectivity index (χ1) is 14.0. The zero-order chi connectivity index (χ0) is 20.4. The summed E-state index contributed by atoms with van der Waals surface area (Å²) in [5, 5.41) is 7.16. The van der Waals surface area contributed by atoms with Crippen molar-refractivity contribution in [3.05, 3.63) is 71.9 Å². The van der Waals surface area contributed by atoms with Gasteiger partial charge in [0.1, 0.15) is 18.1 Å². The first-order valence-corrected chi connectivity index (χ1v) is 9.45. The van der Waals surface area contributed by atoms with Gasteiger partial charge in [-0.05, 0) is 31.5 Å². The standard InChI is InChI=1S/C22H22N4O3/c1-15-7-9-17(10-8-15)13-26-20(11-12-23-26)24-21(27)14-25-18-5-3-4-6-19(18)29-16(2)22(25)28/h3-12,16H,13-14H2,1-2H3,(H,24,27)/t16-/m1/s1. The van der Waals surface area contributed by atoms with E-state index in [0.717, 1.165) is 5.56 Å². The molecule has 0 saturated heterocycles. The number of para-hydroxylation sites is 2. The van der Waals surface area contributed by atoms with Crippen molar-refractivity contribution in [3.8, 4) is 5.75 Å². The summed E-state index contributed by atoms with van der Waals surface area (Å²) in [4.78, 5) is 26.7. The molecule has 7 nitrogen and oxygen atoms in total. The number of aromatic nitrogens is 2. The maximum Gasteiger partial charge on any atom is 0.268 e. The fourth-order valence-electron chi connectivity index (χ4n) is 3.28. The van der Waals surface area contributed by atoms with Crippen LogP contribution in [0.5, 0.6) is 5.75 Å². The molecular formula is C22H22N4O3. The number of carbonyl (C=O) groups is 2. The molecular weight excluding hydrogens is 368 g/mol. The molecule has 0 fully saturated rings. The summed E-state index contributed by atoms with van der Waals surface area (Å²) < 4.78 is 7.34. The molecule has 1 aliphatic rings. The molecule has 0 saturated carbocycles. The largest absolute Gasteiger partial charge is 0.479 e. The van der Waals surface area contributed by atoms with E-state index in [2.05, 4.69) is 10.4 Å². The first kappa shape index (κ1) is 18.7. The highest BCUT2D eigenvalue weighted by atomic mass is 16.5. The van der Waals surface area contributed by atoms with Crippen molar-refractivity contribution in [2.75, 3.05) is 16.8 Å². The van der Waals surface area contributed by atoms with Gasteiger partial charge in [-0.3, -0.25) is 14.5 Å². The molecule has 0 bridgehead atoms.